The second-order valence-electron chi connectivity index (χ2n) is 2.05. The molecular weight excluding hydrogens is 196 g/mol. The van der Waals surface area contributed by atoms with Gasteiger partial charge in [0, 0.05) is 14.2 Å². The smallest absolute Gasteiger partial charge is 0.413 e. The number of esters is 1. The average molecular weight is 208 g/mol. The summed E-state index contributed by atoms with van der Waals surface area (Å²) in [6.45, 7) is 0. The number of hydrogen-bond donors (Lipinski definition) is 0. The molecule has 0 fully saturated rings. The molecule has 0 rings (SSSR count). The largest absolute Gasteiger partial charge is 0.465 e. The van der Waals surface area contributed by atoms with Crippen molar-refractivity contribution >= 4 is 11.9 Å². The van der Waals surface area contributed by atoms with E-state index in [0.29, 0.717) is 0 Å². The van der Waals surface area contributed by atoms with Gasteiger partial charge in [-0.1, -0.05) is 0 Å². The van der Waals surface area contributed by atoms with Crippen molar-refractivity contribution in [2.24, 2.45) is 0 Å². The van der Waals surface area contributed by atoms with Crippen molar-refractivity contribution < 1.29 is 33.6 Å². The number of carbonyl (C=O) groups excluding carboxylic acids is 2. The minimum Gasteiger partial charge on any atom is -0.465 e. The first kappa shape index (κ1) is 12.8. The minimum atomic E-state index is -2.25. The Labute approximate surface area is 80.7 Å². The van der Waals surface area contributed by atoms with E-state index in [1.54, 1.807) is 0 Å². The fraction of sp³-hybridized carbons (Fsp3) is 0.714. The number of ether oxygens (including phenoxy) is 3. The van der Waals surface area contributed by atoms with Crippen LogP contribution in [-0.2, 0) is 33.6 Å². The maximum Gasteiger partial charge on any atom is 0.413 e. The predicted octanol–water partition coefficient (Wildman–Crippen LogP) is -0.747. The van der Waals surface area contributed by atoms with E-state index < -0.39 is 17.7 Å². The van der Waals surface area contributed by atoms with Crippen molar-refractivity contribution in [3.63, 3.8) is 0 Å². The Morgan fingerprint density at radius 2 is 1.43 bits per heavy atom. The van der Waals surface area contributed by atoms with Gasteiger partial charge in [0.05, 0.1) is 14.2 Å². The van der Waals surface area contributed by atoms with Gasteiger partial charge in [-0.25, -0.2) is 9.59 Å². The van der Waals surface area contributed by atoms with Crippen LogP contribution in [0.4, 0.5) is 0 Å². The van der Waals surface area contributed by atoms with Gasteiger partial charge < -0.3 is 14.2 Å². The first-order chi connectivity index (χ1) is 6.58. The average Bonchev–Trinajstić information content (AvgIpc) is 2.20. The molecule has 0 heterocycles. The summed E-state index contributed by atoms with van der Waals surface area (Å²) in [5.41, 5.74) is 0. The monoisotopic (exact) mass is 208 g/mol. The van der Waals surface area contributed by atoms with E-state index in [4.69, 9.17) is 0 Å². The van der Waals surface area contributed by atoms with Crippen molar-refractivity contribution in [2.45, 2.75) is 5.79 Å². The summed E-state index contributed by atoms with van der Waals surface area (Å²) < 4.78 is 13.5. The third-order valence-corrected chi connectivity index (χ3v) is 1.46. The summed E-state index contributed by atoms with van der Waals surface area (Å²) in [6, 6.07) is 0. The van der Waals surface area contributed by atoms with Crippen molar-refractivity contribution in [3.8, 4) is 0 Å². The molecule has 0 aliphatic heterocycles. The molecule has 0 aliphatic rings. The quantitative estimate of drug-likeness (QED) is 0.193. The van der Waals surface area contributed by atoms with Crippen LogP contribution < -0.4 is 0 Å². The first-order valence-electron chi connectivity index (χ1n) is 3.52. The summed E-state index contributed by atoms with van der Waals surface area (Å²) in [6.07, 6.45) is 0. The van der Waals surface area contributed by atoms with Crippen LogP contribution in [-0.4, -0.2) is 46.2 Å². The SMILES string of the molecule is COOC(=O)C(OC)(OC)C(=O)OC. The Morgan fingerprint density at radius 3 is 1.71 bits per heavy atom. The molecule has 0 aromatic carbocycles. The zero-order valence-electron chi connectivity index (χ0n) is 8.36. The molecule has 0 aliphatic carbocycles. The molecule has 0 atom stereocenters. The number of rotatable bonds is 5. The van der Waals surface area contributed by atoms with E-state index in [9.17, 15) is 9.59 Å². The van der Waals surface area contributed by atoms with E-state index in [1.807, 2.05) is 0 Å². The summed E-state index contributed by atoms with van der Waals surface area (Å²) in [4.78, 5) is 30.6. The molecule has 0 saturated heterocycles. The Balaban J connectivity index is 4.86. The van der Waals surface area contributed by atoms with E-state index >= 15 is 0 Å². The molecule has 7 heteroatoms. The van der Waals surface area contributed by atoms with Crippen LogP contribution in [0.15, 0.2) is 0 Å². The van der Waals surface area contributed by atoms with Gasteiger partial charge in [-0.3, -0.25) is 4.89 Å². The van der Waals surface area contributed by atoms with Crippen molar-refractivity contribution in [1.29, 1.82) is 0 Å². The van der Waals surface area contributed by atoms with Gasteiger partial charge in [0.2, 0.25) is 0 Å². The van der Waals surface area contributed by atoms with Crippen LogP contribution in [0.2, 0.25) is 0 Å². The van der Waals surface area contributed by atoms with Crippen LogP contribution >= 0.6 is 0 Å². The second-order valence-corrected chi connectivity index (χ2v) is 2.05. The molecule has 82 valence electrons. The van der Waals surface area contributed by atoms with Crippen molar-refractivity contribution in [2.75, 3.05) is 28.4 Å². The first-order valence-corrected chi connectivity index (χ1v) is 3.52. The van der Waals surface area contributed by atoms with Crippen LogP contribution in [0.1, 0.15) is 0 Å². The highest BCUT2D eigenvalue weighted by atomic mass is 17.2. The lowest BCUT2D eigenvalue weighted by atomic mass is 10.3. The maximum atomic E-state index is 11.2. The number of methoxy groups -OCH3 is 3. The lowest BCUT2D eigenvalue weighted by molar-refractivity contribution is -0.297. The summed E-state index contributed by atoms with van der Waals surface area (Å²) in [5.74, 6) is -4.44. The molecular formula is C7H12O7. The second kappa shape index (κ2) is 5.53. The van der Waals surface area contributed by atoms with Crippen LogP contribution in [0.3, 0.4) is 0 Å². The number of carbonyl (C=O) groups is 2. The summed E-state index contributed by atoms with van der Waals surface area (Å²) >= 11 is 0. The maximum absolute atomic E-state index is 11.2. The fourth-order valence-electron chi connectivity index (χ4n) is 0.765. The van der Waals surface area contributed by atoms with Crippen molar-refractivity contribution in [3.05, 3.63) is 0 Å². The standard InChI is InChI=1S/C7H12O7/c1-10-5(8)7(11-2,12-3)6(9)14-13-4/h1-4H3. The van der Waals surface area contributed by atoms with Crippen molar-refractivity contribution in [1.82, 2.24) is 0 Å². The Morgan fingerprint density at radius 1 is 0.929 bits per heavy atom. The zero-order chi connectivity index (χ0) is 11.2. The number of hydrogen-bond acceptors (Lipinski definition) is 7. The Bertz CT molecular complexity index is 208. The normalized spacial score (nSPS) is 10.9. The van der Waals surface area contributed by atoms with Gasteiger partial charge >= 0.3 is 17.7 Å². The predicted molar refractivity (Wildman–Crippen MR) is 41.9 cm³/mol. The zero-order valence-corrected chi connectivity index (χ0v) is 8.36. The Kier molecular flexibility index (Phi) is 5.06. The molecule has 0 radical (unpaired) electrons. The molecule has 14 heavy (non-hydrogen) atoms. The van der Waals surface area contributed by atoms with Gasteiger partial charge in [-0.2, -0.15) is 4.89 Å². The molecule has 0 bridgehead atoms. The van der Waals surface area contributed by atoms with Gasteiger partial charge in [0.1, 0.15) is 0 Å². The van der Waals surface area contributed by atoms with Gasteiger partial charge in [0.15, 0.2) is 0 Å². The third kappa shape index (κ3) is 2.19. The van der Waals surface area contributed by atoms with Gasteiger partial charge in [-0.15, -0.1) is 0 Å². The van der Waals surface area contributed by atoms with E-state index in [1.165, 1.54) is 0 Å². The van der Waals surface area contributed by atoms with E-state index in [-0.39, 0.29) is 0 Å². The molecule has 0 aromatic rings. The Hall–Kier alpha value is -1.18. The molecule has 0 amide bonds. The van der Waals surface area contributed by atoms with Crippen LogP contribution in [0.25, 0.3) is 0 Å². The van der Waals surface area contributed by atoms with Gasteiger partial charge in [0.25, 0.3) is 0 Å². The highest BCUT2D eigenvalue weighted by Crippen LogP contribution is 2.15. The lowest BCUT2D eigenvalue weighted by Gasteiger charge is -2.23. The highest BCUT2D eigenvalue weighted by Gasteiger charge is 2.51. The molecule has 0 unspecified atom stereocenters. The molecule has 0 saturated carbocycles. The molecule has 7 nitrogen and oxygen atoms in total. The lowest BCUT2D eigenvalue weighted by Crippen LogP contribution is -2.51. The summed E-state index contributed by atoms with van der Waals surface area (Å²) in [7, 11) is 4.37. The summed E-state index contributed by atoms with van der Waals surface area (Å²) in [5, 5.41) is 0. The third-order valence-electron chi connectivity index (χ3n) is 1.46. The fourth-order valence-corrected chi connectivity index (χ4v) is 0.765. The molecule has 0 aromatic heterocycles. The molecule has 0 spiro atoms. The van der Waals surface area contributed by atoms with E-state index in [0.717, 1.165) is 28.4 Å². The van der Waals surface area contributed by atoms with Gasteiger partial charge in [-0.05, 0) is 0 Å². The minimum absolute atomic E-state index is 1.04. The van der Waals surface area contributed by atoms with Crippen LogP contribution in [0.5, 0.6) is 0 Å². The van der Waals surface area contributed by atoms with E-state index in [2.05, 4.69) is 24.0 Å². The highest BCUT2D eigenvalue weighted by molar-refractivity contribution is 6.01. The van der Waals surface area contributed by atoms with Crippen LogP contribution in [0, 0.1) is 0 Å². The topological polar surface area (TPSA) is 80.3 Å². The molecule has 0 N–H and O–H groups in total.